The van der Waals surface area contributed by atoms with Gasteiger partial charge in [0.05, 0.1) is 17.2 Å². The van der Waals surface area contributed by atoms with Crippen LogP contribution < -0.4 is 10.1 Å². The maximum atomic E-state index is 13.0. The molecule has 8 nitrogen and oxygen atoms in total. The lowest BCUT2D eigenvalue weighted by Crippen LogP contribution is -2.44. The van der Waals surface area contributed by atoms with E-state index in [-0.39, 0.29) is 29.3 Å². The van der Waals surface area contributed by atoms with Gasteiger partial charge in [0.25, 0.3) is 11.8 Å². The topological polar surface area (TPSA) is 98.6 Å². The molecule has 3 heterocycles. The molecule has 1 N–H and O–H groups in total. The summed E-state index contributed by atoms with van der Waals surface area (Å²) in [5.41, 5.74) is 2.27. The van der Waals surface area contributed by atoms with Crippen LogP contribution in [0.2, 0.25) is 0 Å². The number of ether oxygens (including phenoxy) is 1. The Morgan fingerprint density at radius 1 is 0.889 bits per heavy atom. The molecule has 1 aromatic heterocycles. The zero-order valence-corrected chi connectivity index (χ0v) is 25.0. The van der Waals surface area contributed by atoms with Gasteiger partial charge in [-0.25, -0.2) is 0 Å². The minimum Gasteiger partial charge on any atom is -0.490 e. The normalized spacial score (nSPS) is 18.4. The summed E-state index contributed by atoms with van der Waals surface area (Å²) >= 11 is 0. The van der Waals surface area contributed by atoms with Gasteiger partial charge in [-0.05, 0) is 66.9 Å². The summed E-state index contributed by atoms with van der Waals surface area (Å²) in [4.78, 5) is 31.9. The van der Waals surface area contributed by atoms with E-state index >= 15 is 0 Å². The fourth-order valence-corrected chi connectivity index (χ4v) is 6.07. The number of amides is 2. The first-order valence-electron chi connectivity index (χ1n) is 14.5. The van der Waals surface area contributed by atoms with Crippen molar-refractivity contribution in [2.75, 3.05) is 26.2 Å². The summed E-state index contributed by atoms with van der Waals surface area (Å²) in [7, 11) is -9.74. The van der Waals surface area contributed by atoms with E-state index in [1.165, 1.54) is 12.3 Å². The molecular weight excluding hydrogens is 617 g/mol. The van der Waals surface area contributed by atoms with E-state index in [2.05, 4.69) is 21.3 Å². The molecule has 5 rings (SSSR count). The fourth-order valence-electron chi connectivity index (χ4n) is 5.42. The molecule has 14 heteroatoms. The summed E-state index contributed by atoms with van der Waals surface area (Å²) in [6.45, 7) is 3.05. The van der Waals surface area contributed by atoms with Crippen molar-refractivity contribution in [3.8, 4) is 11.8 Å². The lowest BCUT2D eigenvalue weighted by molar-refractivity contribution is 0.0594. The van der Waals surface area contributed by atoms with Gasteiger partial charge < -0.3 is 15.0 Å². The van der Waals surface area contributed by atoms with Gasteiger partial charge in [0.15, 0.2) is 0 Å². The number of nitrogens with one attached hydrogen (secondary N) is 1. The highest BCUT2D eigenvalue weighted by atomic mass is 32.5. The van der Waals surface area contributed by atoms with E-state index in [1.807, 2.05) is 12.1 Å². The molecule has 240 valence electrons. The van der Waals surface area contributed by atoms with Crippen molar-refractivity contribution in [1.82, 2.24) is 20.1 Å². The minimum atomic E-state index is -9.74. The third kappa shape index (κ3) is 8.49. The maximum absolute atomic E-state index is 13.0. The van der Waals surface area contributed by atoms with Gasteiger partial charge >= 0.3 is 10.2 Å². The molecule has 0 atom stereocenters. The second-order valence-electron chi connectivity index (χ2n) is 11.3. The van der Waals surface area contributed by atoms with Gasteiger partial charge in [-0.1, -0.05) is 31.6 Å². The summed E-state index contributed by atoms with van der Waals surface area (Å²) in [6, 6.07) is 15.1. The highest BCUT2D eigenvalue weighted by Gasteiger charge is 2.65. The van der Waals surface area contributed by atoms with Gasteiger partial charge in [0.1, 0.15) is 22.4 Å². The predicted octanol–water partition coefficient (Wildman–Crippen LogP) is 6.69. The number of halogens is 5. The first kappa shape index (κ1) is 32.2. The third-order valence-corrected chi connectivity index (χ3v) is 9.12. The first-order chi connectivity index (χ1) is 21.2. The van der Waals surface area contributed by atoms with Gasteiger partial charge in [-0.2, -0.15) is 5.26 Å². The molecule has 0 radical (unpaired) electrons. The van der Waals surface area contributed by atoms with Crippen molar-refractivity contribution in [1.29, 1.82) is 5.26 Å². The monoisotopic (exact) mass is 649 g/mol. The highest BCUT2D eigenvalue weighted by Crippen LogP contribution is 3.02. The largest absolute Gasteiger partial charge is 0.490 e. The van der Waals surface area contributed by atoms with Crippen LogP contribution in [0.15, 0.2) is 71.8 Å². The van der Waals surface area contributed by atoms with E-state index in [0.29, 0.717) is 49.2 Å². The molecule has 0 spiro atoms. The van der Waals surface area contributed by atoms with E-state index in [1.54, 1.807) is 23.1 Å². The Morgan fingerprint density at radius 2 is 1.53 bits per heavy atom. The van der Waals surface area contributed by atoms with Crippen LogP contribution in [0.3, 0.4) is 0 Å². The van der Waals surface area contributed by atoms with Crippen LogP contribution in [-0.2, 0) is 6.54 Å². The number of likely N-dealkylation sites (tertiary alicyclic amines) is 2. The van der Waals surface area contributed by atoms with Crippen molar-refractivity contribution in [3.05, 3.63) is 89.2 Å². The first-order valence-corrected chi connectivity index (χ1v) is 16.4. The molecule has 3 aromatic rings. The smallest absolute Gasteiger partial charge is 0.310 e. The van der Waals surface area contributed by atoms with Crippen molar-refractivity contribution in [2.45, 2.75) is 49.3 Å². The van der Waals surface area contributed by atoms with Crippen molar-refractivity contribution < 1.29 is 33.8 Å². The van der Waals surface area contributed by atoms with Crippen LogP contribution >= 0.6 is 10.2 Å². The second kappa shape index (κ2) is 11.9. The van der Waals surface area contributed by atoms with Crippen LogP contribution in [-0.4, -0.2) is 64.9 Å². The summed E-state index contributed by atoms with van der Waals surface area (Å²) < 4.78 is 70.3. The number of rotatable bonds is 8. The van der Waals surface area contributed by atoms with Crippen LogP contribution in [0.25, 0.3) is 0 Å². The van der Waals surface area contributed by atoms with Crippen LogP contribution in [0.5, 0.6) is 5.75 Å². The van der Waals surface area contributed by atoms with Gasteiger partial charge in [0, 0.05) is 57.8 Å². The number of pyridine rings is 1. The molecule has 2 saturated heterocycles. The lowest BCUT2D eigenvalue weighted by atomic mass is 10.0. The number of carbonyl (C=O) groups is 2. The molecule has 45 heavy (non-hydrogen) atoms. The van der Waals surface area contributed by atoms with E-state index in [9.17, 15) is 29.0 Å². The van der Waals surface area contributed by atoms with Crippen molar-refractivity contribution >= 4 is 22.0 Å². The molecular formula is C31H32F5N5O3S. The average Bonchev–Trinajstić information content (AvgIpc) is 3.01. The summed E-state index contributed by atoms with van der Waals surface area (Å²) in [5, 5.41) is 12.0. The van der Waals surface area contributed by atoms with E-state index in [0.717, 1.165) is 50.2 Å². The number of benzene rings is 2. The Labute approximate surface area is 257 Å². The maximum Gasteiger partial charge on any atom is 0.310 e. The van der Waals surface area contributed by atoms with E-state index in [4.69, 9.17) is 10.00 Å². The van der Waals surface area contributed by atoms with Gasteiger partial charge in [-0.15, -0.1) is 0 Å². The second-order valence-corrected chi connectivity index (χ2v) is 13.7. The molecule has 2 fully saturated rings. The number of aromatic nitrogens is 1. The van der Waals surface area contributed by atoms with Gasteiger partial charge in [0.2, 0.25) is 0 Å². The van der Waals surface area contributed by atoms with Crippen molar-refractivity contribution in [2.24, 2.45) is 0 Å². The van der Waals surface area contributed by atoms with E-state index < -0.39 is 21.2 Å². The number of nitriles is 1. The fraction of sp³-hybridized carbons (Fsp3) is 0.355. The number of piperidine rings is 2. The van der Waals surface area contributed by atoms with Crippen molar-refractivity contribution in [3.63, 3.8) is 0 Å². The Morgan fingerprint density at radius 3 is 2.09 bits per heavy atom. The third-order valence-electron chi connectivity index (χ3n) is 7.96. The van der Waals surface area contributed by atoms with Crippen LogP contribution in [0, 0.1) is 11.3 Å². The Balaban J connectivity index is 1.05. The predicted molar refractivity (Wildman–Crippen MR) is 159 cm³/mol. The number of hydrogen-bond acceptors (Lipinski definition) is 6. The van der Waals surface area contributed by atoms with Crippen LogP contribution in [0.4, 0.5) is 19.4 Å². The van der Waals surface area contributed by atoms with Crippen LogP contribution in [0.1, 0.15) is 57.7 Å². The molecule has 2 aromatic carbocycles. The Hall–Kier alpha value is -4.22. The quantitative estimate of drug-likeness (QED) is 0.273. The standard InChI is InChI=1S/C31H32F5N5O3S/c32-45(33,34,35,36)28-8-6-26(7-9-28)44-27-13-17-41(18-14-27)31(43)24-5-10-29(38-20-24)30(42)39-25-11-15-40(16-12-25)21-23-3-1-22(19-37)2-4-23/h1-10,20,25,27H,11-18,21H2,(H,39,42). The zero-order chi connectivity index (χ0) is 32.3. The zero-order valence-electron chi connectivity index (χ0n) is 24.2. The molecule has 2 aliphatic rings. The number of hydrogen-bond donors (Lipinski definition) is 1. The molecule has 2 amide bonds. The molecule has 2 aliphatic heterocycles. The molecule has 0 bridgehead atoms. The Kier molecular flexibility index (Phi) is 8.54. The number of carbonyl (C=O) groups excluding carboxylic acids is 2. The molecule has 0 aliphatic carbocycles. The average molecular weight is 650 g/mol. The minimum absolute atomic E-state index is 0.00570. The molecule has 0 unspecified atom stereocenters. The highest BCUT2D eigenvalue weighted by molar-refractivity contribution is 8.45. The molecule has 0 saturated carbocycles. The Bertz CT molecular complexity index is 1570. The summed E-state index contributed by atoms with van der Waals surface area (Å²) in [6.07, 6.45) is 3.33. The summed E-state index contributed by atoms with van der Waals surface area (Å²) in [5.74, 6) is -0.550. The van der Waals surface area contributed by atoms with Gasteiger partial charge in [-0.3, -0.25) is 19.5 Å². The number of nitrogens with zero attached hydrogens (tertiary/aromatic N) is 4. The SMILES string of the molecule is N#Cc1ccc(CN2CCC(NC(=O)c3ccc(C(=O)N4CCC(Oc5ccc(S(F)(F)(F)(F)F)cc5)CC4)cn3)CC2)cc1. The lowest BCUT2D eigenvalue weighted by Gasteiger charge is -2.40.